The van der Waals surface area contributed by atoms with Gasteiger partial charge in [0.05, 0.1) is 17.5 Å². The highest BCUT2D eigenvalue weighted by atomic mass is 32.2. The van der Waals surface area contributed by atoms with E-state index in [-0.39, 0.29) is 23.4 Å². The number of anilines is 1. The molecular weight excluding hydrogens is 442 g/mol. The van der Waals surface area contributed by atoms with Crippen LogP contribution in [0.1, 0.15) is 35.7 Å². The van der Waals surface area contributed by atoms with Gasteiger partial charge in [0.15, 0.2) is 0 Å². The van der Waals surface area contributed by atoms with Gasteiger partial charge < -0.3 is 5.32 Å². The first-order valence-corrected chi connectivity index (χ1v) is 13.1. The molecule has 3 aromatic rings. The zero-order chi connectivity index (χ0) is 22.4. The Bertz CT molecular complexity index is 1110. The minimum Gasteiger partial charge on any atom is -0.325 e. The maximum atomic E-state index is 12.8. The fourth-order valence-corrected chi connectivity index (χ4v) is 6.19. The number of hydrogen-bond acceptors (Lipinski definition) is 5. The molecule has 1 aliphatic rings. The molecule has 2 heterocycles. The van der Waals surface area contributed by atoms with Gasteiger partial charge in [-0.15, -0.1) is 11.3 Å². The Kier molecular flexibility index (Phi) is 7.36. The SMILES string of the molecule is O=C(CNC(c1ccccc1)c1cccs1)Nc1ccc(S(=O)(=O)N2CCCCC2)cc1. The number of benzene rings is 2. The maximum absolute atomic E-state index is 12.8. The van der Waals surface area contributed by atoms with Gasteiger partial charge >= 0.3 is 0 Å². The lowest BCUT2D eigenvalue weighted by Crippen LogP contribution is -2.35. The molecule has 1 unspecified atom stereocenters. The average Bonchev–Trinajstić information content (AvgIpc) is 3.35. The lowest BCUT2D eigenvalue weighted by atomic mass is 10.1. The van der Waals surface area contributed by atoms with Gasteiger partial charge in [-0.2, -0.15) is 4.31 Å². The molecule has 32 heavy (non-hydrogen) atoms. The molecule has 8 heteroatoms. The third kappa shape index (κ3) is 5.45. The van der Waals surface area contributed by atoms with Crippen LogP contribution in [0.3, 0.4) is 0 Å². The van der Waals surface area contributed by atoms with Crippen LogP contribution in [0.4, 0.5) is 5.69 Å². The fourth-order valence-electron chi connectivity index (χ4n) is 3.85. The van der Waals surface area contributed by atoms with Crippen LogP contribution in [0.25, 0.3) is 0 Å². The van der Waals surface area contributed by atoms with Gasteiger partial charge in [0.25, 0.3) is 0 Å². The molecule has 2 N–H and O–H groups in total. The third-order valence-corrected chi connectivity index (χ3v) is 8.37. The Balaban J connectivity index is 1.37. The van der Waals surface area contributed by atoms with Crippen LogP contribution < -0.4 is 10.6 Å². The van der Waals surface area contributed by atoms with Crippen molar-refractivity contribution >= 4 is 33.0 Å². The van der Waals surface area contributed by atoms with Crippen LogP contribution in [0.5, 0.6) is 0 Å². The highest BCUT2D eigenvalue weighted by Gasteiger charge is 2.25. The molecule has 1 aliphatic heterocycles. The fraction of sp³-hybridized carbons (Fsp3) is 0.292. The Morgan fingerprint density at radius 2 is 1.66 bits per heavy atom. The summed E-state index contributed by atoms with van der Waals surface area (Å²) in [6.45, 7) is 1.27. The number of piperidine rings is 1. The molecule has 4 rings (SSSR count). The molecule has 0 bridgehead atoms. The van der Waals surface area contributed by atoms with E-state index < -0.39 is 10.0 Å². The monoisotopic (exact) mass is 469 g/mol. The number of hydrogen-bond donors (Lipinski definition) is 2. The van der Waals surface area contributed by atoms with E-state index in [1.165, 1.54) is 0 Å². The minimum absolute atomic E-state index is 0.0704. The molecule has 0 aliphatic carbocycles. The summed E-state index contributed by atoms with van der Waals surface area (Å²) in [5.74, 6) is -0.186. The predicted molar refractivity (Wildman–Crippen MR) is 128 cm³/mol. The topological polar surface area (TPSA) is 78.5 Å². The van der Waals surface area contributed by atoms with Crippen molar-refractivity contribution in [1.29, 1.82) is 0 Å². The summed E-state index contributed by atoms with van der Waals surface area (Å²) in [7, 11) is -3.48. The van der Waals surface area contributed by atoms with Crippen LogP contribution in [-0.2, 0) is 14.8 Å². The molecule has 2 aromatic carbocycles. The number of rotatable bonds is 8. The molecule has 1 saturated heterocycles. The van der Waals surface area contributed by atoms with E-state index in [4.69, 9.17) is 0 Å². The van der Waals surface area contributed by atoms with Crippen molar-refractivity contribution in [3.05, 3.63) is 82.6 Å². The van der Waals surface area contributed by atoms with Crippen LogP contribution in [0.2, 0.25) is 0 Å². The first kappa shape index (κ1) is 22.7. The molecular formula is C24H27N3O3S2. The van der Waals surface area contributed by atoms with E-state index in [0.29, 0.717) is 18.8 Å². The number of amides is 1. The summed E-state index contributed by atoms with van der Waals surface area (Å²) in [6.07, 6.45) is 2.87. The standard InChI is InChI=1S/C24H27N3O3S2/c28-23(18-25-24(22-10-7-17-31-22)19-8-3-1-4-9-19)26-20-11-13-21(14-12-20)32(29,30)27-15-5-2-6-16-27/h1,3-4,7-14,17,24-25H,2,5-6,15-16,18H2,(H,26,28). The number of carbonyl (C=O) groups is 1. The highest BCUT2D eigenvalue weighted by molar-refractivity contribution is 7.89. The van der Waals surface area contributed by atoms with Crippen molar-refractivity contribution in [3.8, 4) is 0 Å². The summed E-state index contributed by atoms with van der Waals surface area (Å²) < 4.78 is 27.1. The zero-order valence-electron chi connectivity index (χ0n) is 17.7. The van der Waals surface area contributed by atoms with Gasteiger partial charge in [-0.05, 0) is 54.1 Å². The zero-order valence-corrected chi connectivity index (χ0v) is 19.4. The van der Waals surface area contributed by atoms with E-state index in [0.717, 1.165) is 29.7 Å². The van der Waals surface area contributed by atoms with Gasteiger partial charge in [0, 0.05) is 23.7 Å². The van der Waals surface area contributed by atoms with Crippen LogP contribution in [0, 0.1) is 0 Å². The van der Waals surface area contributed by atoms with Gasteiger partial charge in [0.1, 0.15) is 0 Å². The Hall–Kier alpha value is -2.52. The number of sulfonamides is 1. The van der Waals surface area contributed by atoms with Crippen LogP contribution in [0.15, 0.2) is 77.0 Å². The van der Waals surface area contributed by atoms with Crippen LogP contribution in [-0.4, -0.2) is 38.3 Å². The van der Waals surface area contributed by atoms with Crippen molar-refractivity contribution in [2.45, 2.75) is 30.2 Å². The summed E-state index contributed by atoms with van der Waals surface area (Å²) in [5, 5.41) is 8.20. The van der Waals surface area contributed by atoms with Gasteiger partial charge in [-0.25, -0.2) is 8.42 Å². The molecule has 0 saturated carbocycles. The summed E-state index contributed by atoms with van der Waals surface area (Å²) in [6, 6.07) is 20.4. The van der Waals surface area contributed by atoms with E-state index in [1.807, 2.05) is 41.8 Å². The smallest absolute Gasteiger partial charge is 0.243 e. The molecule has 1 atom stereocenters. The average molecular weight is 470 g/mol. The van der Waals surface area contributed by atoms with Gasteiger partial charge in [-0.1, -0.05) is 42.8 Å². The highest BCUT2D eigenvalue weighted by Crippen LogP contribution is 2.26. The normalized spacial score (nSPS) is 15.9. The van der Waals surface area contributed by atoms with E-state index in [1.54, 1.807) is 39.9 Å². The van der Waals surface area contributed by atoms with E-state index in [9.17, 15) is 13.2 Å². The Morgan fingerprint density at radius 1 is 0.938 bits per heavy atom. The van der Waals surface area contributed by atoms with Gasteiger partial charge in [-0.3, -0.25) is 10.1 Å². The molecule has 1 fully saturated rings. The van der Waals surface area contributed by atoms with E-state index in [2.05, 4.69) is 16.7 Å². The maximum Gasteiger partial charge on any atom is 0.243 e. The molecule has 0 radical (unpaired) electrons. The molecule has 0 spiro atoms. The van der Waals surface area contributed by atoms with Crippen molar-refractivity contribution in [1.82, 2.24) is 9.62 Å². The number of thiophene rings is 1. The number of nitrogens with one attached hydrogen (secondary N) is 2. The van der Waals surface area contributed by atoms with Crippen LogP contribution >= 0.6 is 11.3 Å². The van der Waals surface area contributed by atoms with Crippen molar-refractivity contribution in [2.75, 3.05) is 25.0 Å². The minimum atomic E-state index is -3.48. The second kappa shape index (κ2) is 10.4. The first-order valence-electron chi connectivity index (χ1n) is 10.8. The largest absolute Gasteiger partial charge is 0.325 e. The van der Waals surface area contributed by atoms with E-state index >= 15 is 0 Å². The van der Waals surface area contributed by atoms with Gasteiger partial charge in [0.2, 0.25) is 15.9 Å². The quantitative estimate of drug-likeness (QED) is 0.517. The van der Waals surface area contributed by atoms with Crippen molar-refractivity contribution in [2.24, 2.45) is 0 Å². The lowest BCUT2D eigenvalue weighted by Gasteiger charge is -2.25. The molecule has 1 amide bonds. The molecule has 6 nitrogen and oxygen atoms in total. The Labute approximate surface area is 193 Å². The Morgan fingerprint density at radius 3 is 2.31 bits per heavy atom. The lowest BCUT2D eigenvalue weighted by molar-refractivity contribution is -0.115. The number of nitrogens with zero attached hydrogens (tertiary/aromatic N) is 1. The summed E-state index contributed by atoms with van der Waals surface area (Å²) >= 11 is 1.64. The molecule has 168 valence electrons. The second-order valence-electron chi connectivity index (χ2n) is 7.78. The van der Waals surface area contributed by atoms with Crippen molar-refractivity contribution in [3.63, 3.8) is 0 Å². The summed E-state index contributed by atoms with van der Waals surface area (Å²) in [5.41, 5.74) is 1.66. The number of carbonyl (C=O) groups excluding carboxylic acids is 1. The molecule has 1 aromatic heterocycles. The second-order valence-corrected chi connectivity index (χ2v) is 10.7. The van der Waals surface area contributed by atoms with Crippen molar-refractivity contribution < 1.29 is 13.2 Å². The third-order valence-electron chi connectivity index (χ3n) is 5.52. The first-order chi connectivity index (χ1) is 15.5. The predicted octanol–water partition coefficient (Wildman–Crippen LogP) is 4.24. The summed E-state index contributed by atoms with van der Waals surface area (Å²) in [4.78, 5) is 13.9.